The van der Waals surface area contributed by atoms with Crippen LogP contribution in [0.25, 0.3) is 10.2 Å². The van der Waals surface area contributed by atoms with Crippen LogP contribution in [0.5, 0.6) is 0 Å². The number of hydrogen-bond donors (Lipinski definition) is 1. The van der Waals surface area contributed by atoms with Gasteiger partial charge in [-0.25, -0.2) is 4.98 Å². The van der Waals surface area contributed by atoms with Crippen molar-refractivity contribution in [1.29, 1.82) is 5.41 Å². The van der Waals surface area contributed by atoms with E-state index in [4.69, 9.17) is 5.41 Å². The maximum absolute atomic E-state index is 7.46. The summed E-state index contributed by atoms with van der Waals surface area (Å²) in [5.41, 5.74) is 2.16. The van der Waals surface area contributed by atoms with Gasteiger partial charge in [0, 0.05) is 6.21 Å². The monoisotopic (exact) mass is 233 g/mol. The van der Waals surface area contributed by atoms with Gasteiger partial charge in [0.05, 0.1) is 21.3 Å². The molecular weight excluding hydrogens is 218 g/mol. The molecule has 0 saturated carbocycles. The van der Waals surface area contributed by atoms with E-state index >= 15 is 0 Å². The van der Waals surface area contributed by atoms with E-state index in [-0.39, 0.29) is 6.04 Å². The molecule has 0 aliphatic heterocycles. The van der Waals surface area contributed by atoms with E-state index in [2.05, 4.69) is 23.2 Å². The molecule has 0 bridgehead atoms. The zero-order valence-electron chi connectivity index (χ0n) is 9.69. The van der Waals surface area contributed by atoms with Gasteiger partial charge in [-0.15, -0.1) is 11.3 Å². The number of nitrogens with one attached hydrogen (secondary N) is 1. The first kappa shape index (κ1) is 11.2. The van der Waals surface area contributed by atoms with Gasteiger partial charge in [0.15, 0.2) is 0 Å². The van der Waals surface area contributed by atoms with Crippen LogP contribution in [0.1, 0.15) is 16.6 Å². The Morgan fingerprint density at radius 1 is 1.44 bits per heavy atom. The van der Waals surface area contributed by atoms with Crippen molar-refractivity contribution in [3.05, 3.63) is 28.8 Å². The van der Waals surface area contributed by atoms with Gasteiger partial charge in [0.2, 0.25) is 0 Å². The van der Waals surface area contributed by atoms with Gasteiger partial charge in [0.25, 0.3) is 0 Å². The summed E-state index contributed by atoms with van der Waals surface area (Å²) in [6.07, 6.45) is 1.46. The summed E-state index contributed by atoms with van der Waals surface area (Å²) in [7, 11) is 3.96. The molecular formula is C12H15N3S. The number of hydrogen-bond acceptors (Lipinski definition) is 4. The maximum atomic E-state index is 7.46. The number of fused-ring (bicyclic) bond motifs is 1. The summed E-state index contributed by atoms with van der Waals surface area (Å²) in [5, 5.41) is 8.54. The summed E-state index contributed by atoms with van der Waals surface area (Å²) in [4.78, 5) is 6.50. The van der Waals surface area contributed by atoms with Gasteiger partial charge < -0.3 is 5.41 Å². The van der Waals surface area contributed by atoms with Crippen molar-refractivity contribution in [2.75, 3.05) is 14.1 Å². The molecule has 1 N–H and O–H groups in total. The second kappa shape index (κ2) is 4.31. The molecule has 0 spiro atoms. The molecule has 0 amide bonds. The Morgan fingerprint density at radius 2 is 2.19 bits per heavy atom. The predicted molar refractivity (Wildman–Crippen MR) is 69.6 cm³/mol. The molecule has 1 heterocycles. The van der Waals surface area contributed by atoms with E-state index in [1.165, 1.54) is 10.9 Å². The quantitative estimate of drug-likeness (QED) is 0.828. The SMILES string of the molecule is Cc1nc2cc(C(C=N)N(C)C)ccc2s1. The lowest BCUT2D eigenvalue weighted by atomic mass is 10.1. The van der Waals surface area contributed by atoms with Gasteiger partial charge >= 0.3 is 0 Å². The standard InChI is InChI=1S/C12H15N3S/c1-8-14-10-6-9(4-5-12(10)16-8)11(7-13)15(2)3/h4-7,11,13H,1-3H3. The van der Waals surface area contributed by atoms with Crippen LogP contribution >= 0.6 is 11.3 Å². The van der Waals surface area contributed by atoms with Gasteiger partial charge in [0.1, 0.15) is 0 Å². The minimum Gasteiger partial charge on any atom is -0.311 e. The topological polar surface area (TPSA) is 40.0 Å². The lowest BCUT2D eigenvalue weighted by Crippen LogP contribution is -2.20. The number of rotatable bonds is 3. The molecule has 1 atom stereocenters. The number of nitrogens with zero attached hydrogens (tertiary/aromatic N) is 2. The van der Waals surface area contributed by atoms with Crippen LogP contribution in [0.4, 0.5) is 0 Å². The van der Waals surface area contributed by atoms with Gasteiger partial charge in [-0.1, -0.05) is 6.07 Å². The average molecular weight is 233 g/mol. The third-order valence-electron chi connectivity index (χ3n) is 2.57. The van der Waals surface area contributed by atoms with Crippen molar-refractivity contribution in [3.63, 3.8) is 0 Å². The number of aromatic nitrogens is 1. The third kappa shape index (κ3) is 1.99. The summed E-state index contributed by atoms with van der Waals surface area (Å²) in [5.74, 6) is 0. The smallest absolute Gasteiger partial charge is 0.0907 e. The first-order valence-corrected chi connectivity index (χ1v) is 5.97. The van der Waals surface area contributed by atoms with Crippen LogP contribution in [0, 0.1) is 12.3 Å². The van der Waals surface area contributed by atoms with E-state index in [9.17, 15) is 0 Å². The molecule has 1 unspecified atom stereocenters. The molecule has 1 aromatic heterocycles. The molecule has 1 aromatic carbocycles. The molecule has 2 aromatic rings. The van der Waals surface area contributed by atoms with Crippen molar-refractivity contribution in [2.45, 2.75) is 13.0 Å². The molecule has 4 heteroatoms. The number of aryl methyl sites for hydroxylation is 1. The zero-order valence-corrected chi connectivity index (χ0v) is 10.5. The van der Waals surface area contributed by atoms with Gasteiger partial charge in [-0.2, -0.15) is 0 Å². The Hall–Kier alpha value is -1.26. The Bertz CT molecular complexity index is 516. The molecule has 0 fully saturated rings. The second-order valence-electron chi connectivity index (χ2n) is 4.04. The fraction of sp³-hybridized carbons (Fsp3) is 0.333. The first-order chi connectivity index (χ1) is 7.61. The fourth-order valence-corrected chi connectivity index (χ4v) is 2.59. The Kier molecular flexibility index (Phi) is 3.03. The summed E-state index contributed by atoms with van der Waals surface area (Å²) < 4.78 is 1.21. The van der Waals surface area contributed by atoms with E-state index in [0.717, 1.165) is 16.1 Å². The molecule has 84 valence electrons. The van der Waals surface area contributed by atoms with Crippen molar-refractivity contribution >= 4 is 27.8 Å². The predicted octanol–water partition coefficient (Wildman–Crippen LogP) is 2.86. The molecule has 16 heavy (non-hydrogen) atoms. The highest BCUT2D eigenvalue weighted by molar-refractivity contribution is 7.18. The Balaban J connectivity index is 2.48. The van der Waals surface area contributed by atoms with E-state index < -0.39 is 0 Å². The summed E-state index contributed by atoms with van der Waals surface area (Å²) in [6, 6.07) is 6.28. The van der Waals surface area contributed by atoms with Crippen LogP contribution in [0.3, 0.4) is 0 Å². The van der Waals surface area contributed by atoms with Crippen molar-refractivity contribution in [1.82, 2.24) is 9.88 Å². The average Bonchev–Trinajstić information content (AvgIpc) is 2.57. The molecule has 0 saturated heterocycles. The van der Waals surface area contributed by atoms with Crippen LogP contribution in [0.15, 0.2) is 18.2 Å². The van der Waals surface area contributed by atoms with Gasteiger partial charge in [-0.05, 0) is 38.7 Å². The zero-order chi connectivity index (χ0) is 11.7. The second-order valence-corrected chi connectivity index (χ2v) is 5.27. The minimum absolute atomic E-state index is 0.0337. The Labute approximate surface area is 99.2 Å². The lowest BCUT2D eigenvalue weighted by molar-refractivity contribution is 0.374. The molecule has 3 nitrogen and oxygen atoms in total. The number of benzene rings is 1. The molecule has 2 rings (SSSR count). The summed E-state index contributed by atoms with van der Waals surface area (Å²) in [6.45, 7) is 2.02. The minimum atomic E-state index is 0.0337. The van der Waals surface area contributed by atoms with E-state index in [1.54, 1.807) is 11.3 Å². The van der Waals surface area contributed by atoms with Crippen molar-refractivity contribution in [3.8, 4) is 0 Å². The van der Waals surface area contributed by atoms with E-state index in [1.807, 2.05) is 25.9 Å². The molecule has 0 radical (unpaired) electrons. The highest BCUT2D eigenvalue weighted by atomic mass is 32.1. The van der Waals surface area contributed by atoms with Gasteiger partial charge in [-0.3, -0.25) is 4.90 Å². The van der Waals surface area contributed by atoms with E-state index in [0.29, 0.717) is 0 Å². The molecule has 0 aliphatic rings. The summed E-state index contributed by atoms with van der Waals surface area (Å²) >= 11 is 1.71. The lowest BCUT2D eigenvalue weighted by Gasteiger charge is -2.19. The van der Waals surface area contributed by atoms with Crippen LogP contribution < -0.4 is 0 Å². The number of thiazole rings is 1. The molecule has 0 aliphatic carbocycles. The van der Waals surface area contributed by atoms with Crippen molar-refractivity contribution in [2.24, 2.45) is 0 Å². The van der Waals surface area contributed by atoms with Crippen molar-refractivity contribution < 1.29 is 0 Å². The first-order valence-electron chi connectivity index (χ1n) is 5.16. The maximum Gasteiger partial charge on any atom is 0.0907 e. The highest BCUT2D eigenvalue weighted by Crippen LogP contribution is 2.25. The largest absolute Gasteiger partial charge is 0.311 e. The third-order valence-corrected chi connectivity index (χ3v) is 3.53. The van der Waals surface area contributed by atoms with Crippen LogP contribution in [-0.4, -0.2) is 30.2 Å². The Morgan fingerprint density at radius 3 is 2.81 bits per heavy atom. The fourth-order valence-electron chi connectivity index (χ4n) is 1.79. The highest BCUT2D eigenvalue weighted by Gasteiger charge is 2.12. The van der Waals surface area contributed by atoms with Crippen LogP contribution in [-0.2, 0) is 0 Å². The normalized spacial score (nSPS) is 13.2. The van der Waals surface area contributed by atoms with Crippen LogP contribution in [0.2, 0.25) is 0 Å².